The molecule has 0 saturated carbocycles. The number of aliphatic hydroxyl groups is 1. The summed E-state index contributed by atoms with van der Waals surface area (Å²) in [6, 6.07) is 22.6. The van der Waals surface area contributed by atoms with Gasteiger partial charge in [-0.05, 0) is 27.8 Å². The number of benzene rings is 3. The lowest BCUT2D eigenvalue weighted by Gasteiger charge is -2.16. The normalized spacial score (nSPS) is 15.2. The zero-order chi connectivity index (χ0) is 17.5. The van der Waals surface area contributed by atoms with Gasteiger partial charge in [0.25, 0.3) is 0 Å². The summed E-state index contributed by atoms with van der Waals surface area (Å²) >= 11 is 1.70. The molecule has 4 aromatic rings. The van der Waals surface area contributed by atoms with E-state index in [0.29, 0.717) is 0 Å². The number of hydrogen-bond acceptors (Lipinski definition) is 4. The fourth-order valence-electron chi connectivity index (χ4n) is 3.71. The molecule has 4 heteroatoms. The van der Waals surface area contributed by atoms with E-state index in [2.05, 4.69) is 40.6 Å². The van der Waals surface area contributed by atoms with Gasteiger partial charge >= 0.3 is 0 Å². The average Bonchev–Trinajstić information content (AvgIpc) is 3.34. The van der Waals surface area contributed by atoms with Crippen molar-refractivity contribution in [3.05, 3.63) is 82.7 Å². The molecule has 1 aromatic heterocycles. The highest BCUT2D eigenvalue weighted by Gasteiger charge is 2.25. The molecule has 0 amide bonds. The van der Waals surface area contributed by atoms with Crippen molar-refractivity contribution in [2.75, 3.05) is 13.1 Å². The first-order valence-electron chi connectivity index (χ1n) is 8.79. The number of thiophene rings is 1. The van der Waals surface area contributed by atoms with Gasteiger partial charge in [-0.2, -0.15) is 0 Å². The van der Waals surface area contributed by atoms with Gasteiger partial charge in [0.1, 0.15) is 11.9 Å². The van der Waals surface area contributed by atoms with E-state index in [1.807, 2.05) is 36.4 Å². The van der Waals surface area contributed by atoms with Crippen molar-refractivity contribution in [3.8, 4) is 0 Å². The summed E-state index contributed by atoms with van der Waals surface area (Å²) in [5.74, 6) is 0.903. The van der Waals surface area contributed by atoms with E-state index in [4.69, 9.17) is 0 Å². The van der Waals surface area contributed by atoms with E-state index in [0.717, 1.165) is 51.1 Å². The van der Waals surface area contributed by atoms with Crippen LogP contribution in [0.25, 0.3) is 20.9 Å². The molecule has 3 nitrogen and oxygen atoms in total. The van der Waals surface area contributed by atoms with Gasteiger partial charge in [0, 0.05) is 16.8 Å². The zero-order valence-corrected chi connectivity index (χ0v) is 15.0. The summed E-state index contributed by atoms with van der Waals surface area (Å²) in [5, 5.41) is 18.1. The Labute approximate surface area is 155 Å². The zero-order valence-electron chi connectivity index (χ0n) is 14.1. The maximum atomic E-state index is 11.4. The maximum absolute atomic E-state index is 11.4. The van der Waals surface area contributed by atoms with Crippen molar-refractivity contribution in [3.63, 3.8) is 0 Å². The Morgan fingerprint density at radius 2 is 1.69 bits per heavy atom. The van der Waals surface area contributed by atoms with Gasteiger partial charge in [0.15, 0.2) is 0 Å². The van der Waals surface area contributed by atoms with Crippen molar-refractivity contribution < 1.29 is 5.11 Å². The summed E-state index contributed by atoms with van der Waals surface area (Å²) in [6.07, 6.45) is -0.697. The number of nitrogens with zero attached hydrogens (tertiary/aromatic N) is 1. The van der Waals surface area contributed by atoms with Crippen LogP contribution < -0.4 is 5.32 Å². The molecule has 1 aliphatic rings. The second-order valence-corrected chi connectivity index (χ2v) is 7.52. The topological polar surface area (TPSA) is 44.6 Å². The summed E-state index contributed by atoms with van der Waals surface area (Å²) < 4.78 is 1.17. The van der Waals surface area contributed by atoms with E-state index in [-0.39, 0.29) is 0 Å². The Morgan fingerprint density at radius 3 is 2.54 bits per heavy atom. The fourth-order valence-corrected chi connectivity index (χ4v) is 4.93. The van der Waals surface area contributed by atoms with Gasteiger partial charge in [0.05, 0.1) is 11.4 Å². The molecular weight excluding hydrogens is 340 g/mol. The molecule has 0 fully saturated rings. The number of nitrogens with one attached hydrogen (secondary N) is 1. The van der Waals surface area contributed by atoms with Gasteiger partial charge in [-0.25, -0.2) is 0 Å². The minimum absolute atomic E-state index is 0.697. The van der Waals surface area contributed by atoms with Crippen LogP contribution in [-0.4, -0.2) is 24.0 Å². The third-order valence-electron chi connectivity index (χ3n) is 4.91. The van der Waals surface area contributed by atoms with Crippen LogP contribution in [0.15, 0.2) is 71.7 Å². The molecule has 128 valence electrons. The molecule has 0 spiro atoms. The highest BCUT2D eigenvalue weighted by molar-refractivity contribution is 7.21. The van der Waals surface area contributed by atoms with Crippen LogP contribution in [0.2, 0.25) is 0 Å². The predicted octanol–water partition coefficient (Wildman–Crippen LogP) is 4.49. The Morgan fingerprint density at radius 1 is 0.923 bits per heavy atom. The molecular formula is C22H18N2OS. The molecule has 2 heterocycles. The highest BCUT2D eigenvalue weighted by atomic mass is 32.1. The average molecular weight is 358 g/mol. The van der Waals surface area contributed by atoms with Crippen LogP contribution in [0, 0.1) is 0 Å². The van der Waals surface area contributed by atoms with Crippen LogP contribution in [0.1, 0.15) is 22.1 Å². The van der Waals surface area contributed by atoms with E-state index in [1.54, 1.807) is 11.3 Å². The van der Waals surface area contributed by atoms with Gasteiger partial charge in [0.2, 0.25) is 0 Å². The van der Waals surface area contributed by atoms with E-state index in [1.165, 1.54) is 4.70 Å². The van der Waals surface area contributed by atoms with E-state index < -0.39 is 6.10 Å². The van der Waals surface area contributed by atoms with Gasteiger partial charge in [-0.3, -0.25) is 4.99 Å². The van der Waals surface area contributed by atoms with Crippen molar-refractivity contribution in [2.45, 2.75) is 6.10 Å². The quantitative estimate of drug-likeness (QED) is 0.567. The largest absolute Gasteiger partial charge is 0.384 e. The van der Waals surface area contributed by atoms with Gasteiger partial charge in [-0.1, -0.05) is 60.7 Å². The molecule has 3 aromatic carbocycles. The number of amidine groups is 1. The third-order valence-corrected chi connectivity index (χ3v) is 6.11. The molecule has 26 heavy (non-hydrogen) atoms. The molecule has 0 bridgehead atoms. The molecule has 0 aliphatic carbocycles. The molecule has 5 rings (SSSR count). The standard InChI is InChI=1S/C22H18N2OS/c25-20(16-10-5-7-14-6-1-2-8-15(14)16)19-17-9-3-4-11-18(17)26-21(19)22-23-12-13-24-22/h1-11,20,25H,12-13H2,(H,23,24). The highest BCUT2D eigenvalue weighted by Crippen LogP contribution is 2.40. The molecule has 1 atom stereocenters. The second kappa shape index (κ2) is 6.24. The third kappa shape index (κ3) is 2.42. The number of aliphatic hydroxyl groups excluding tert-OH is 1. The molecule has 2 N–H and O–H groups in total. The number of rotatable bonds is 3. The van der Waals surface area contributed by atoms with Crippen LogP contribution in [0.4, 0.5) is 0 Å². The van der Waals surface area contributed by atoms with Crippen LogP contribution in [-0.2, 0) is 0 Å². The van der Waals surface area contributed by atoms with Crippen LogP contribution in [0.5, 0.6) is 0 Å². The van der Waals surface area contributed by atoms with Gasteiger partial charge in [-0.15, -0.1) is 11.3 Å². The van der Waals surface area contributed by atoms with Crippen molar-refractivity contribution in [1.29, 1.82) is 0 Å². The molecule has 0 saturated heterocycles. The van der Waals surface area contributed by atoms with Gasteiger partial charge < -0.3 is 10.4 Å². The lowest BCUT2D eigenvalue weighted by molar-refractivity contribution is 0.223. The lowest BCUT2D eigenvalue weighted by Crippen LogP contribution is -2.20. The summed E-state index contributed by atoms with van der Waals surface area (Å²) in [7, 11) is 0. The first-order valence-corrected chi connectivity index (χ1v) is 9.60. The summed E-state index contributed by atoms with van der Waals surface area (Å²) in [4.78, 5) is 5.65. The first kappa shape index (κ1) is 15.6. The first-order chi connectivity index (χ1) is 12.8. The minimum atomic E-state index is -0.697. The Balaban J connectivity index is 1.76. The Kier molecular flexibility index (Phi) is 3.73. The summed E-state index contributed by atoms with van der Waals surface area (Å²) in [5.41, 5.74) is 1.89. The Hall–Kier alpha value is -2.69. The number of hydrogen-bond donors (Lipinski definition) is 2. The second-order valence-electron chi connectivity index (χ2n) is 6.47. The van der Waals surface area contributed by atoms with Crippen LogP contribution >= 0.6 is 11.3 Å². The lowest BCUT2D eigenvalue weighted by atomic mass is 9.94. The number of aliphatic imine (C=N–C) groups is 1. The summed E-state index contributed by atoms with van der Waals surface area (Å²) in [6.45, 7) is 1.64. The van der Waals surface area contributed by atoms with E-state index >= 15 is 0 Å². The molecule has 0 radical (unpaired) electrons. The number of fused-ring (bicyclic) bond motifs is 2. The molecule has 1 unspecified atom stereocenters. The Bertz CT molecular complexity index is 1140. The smallest absolute Gasteiger partial charge is 0.139 e. The van der Waals surface area contributed by atoms with E-state index in [9.17, 15) is 5.11 Å². The molecule has 1 aliphatic heterocycles. The SMILES string of the molecule is OC(c1cccc2ccccc12)c1c(C2=NCCN2)sc2ccccc12. The minimum Gasteiger partial charge on any atom is -0.384 e. The van der Waals surface area contributed by atoms with Crippen molar-refractivity contribution in [2.24, 2.45) is 4.99 Å². The van der Waals surface area contributed by atoms with Crippen molar-refractivity contribution in [1.82, 2.24) is 5.32 Å². The van der Waals surface area contributed by atoms with Crippen LogP contribution in [0.3, 0.4) is 0 Å². The monoisotopic (exact) mass is 358 g/mol. The predicted molar refractivity (Wildman–Crippen MR) is 109 cm³/mol. The van der Waals surface area contributed by atoms with Crippen molar-refractivity contribution >= 4 is 38.0 Å². The fraction of sp³-hybridized carbons (Fsp3) is 0.136. The maximum Gasteiger partial charge on any atom is 0.139 e.